The molecule has 0 heterocycles. The molecule has 2 amide bonds. The molecule has 0 fully saturated rings. The molecule has 224 valence electrons. The second kappa shape index (κ2) is 14.8. The van der Waals surface area contributed by atoms with Gasteiger partial charge in [-0.3, -0.25) is 13.9 Å². The Morgan fingerprint density at radius 3 is 2.14 bits per heavy atom. The number of aryl methyl sites for hydroxylation is 1. The predicted octanol–water partition coefficient (Wildman–Crippen LogP) is 6.01. The van der Waals surface area contributed by atoms with Crippen LogP contribution in [0.15, 0.2) is 114 Å². The maximum absolute atomic E-state index is 14.4. The van der Waals surface area contributed by atoms with Crippen LogP contribution >= 0.6 is 11.6 Å². The third-order valence-electron chi connectivity index (χ3n) is 6.96. The Hall–Kier alpha value is -4.14. The highest BCUT2D eigenvalue weighted by Gasteiger charge is 2.34. The topological polar surface area (TPSA) is 86.8 Å². The number of rotatable bonds is 13. The number of benzene rings is 4. The van der Waals surface area contributed by atoms with E-state index in [9.17, 15) is 18.0 Å². The molecule has 0 aliphatic rings. The third-order valence-corrected chi connectivity index (χ3v) is 8.99. The number of carbonyl (C=O) groups excluding carboxylic acids is 2. The fourth-order valence-corrected chi connectivity index (χ4v) is 6.42. The molecule has 0 aliphatic heterocycles. The van der Waals surface area contributed by atoms with Gasteiger partial charge in [-0.2, -0.15) is 0 Å². The third kappa shape index (κ3) is 8.46. The van der Waals surface area contributed by atoms with E-state index in [1.807, 2.05) is 68.4 Å². The lowest BCUT2D eigenvalue weighted by atomic mass is 10.0. The average molecular weight is 618 g/mol. The molecule has 0 aromatic heterocycles. The van der Waals surface area contributed by atoms with Gasteiger partial charge in [0.1, 0.15) is 12.6 Å². The number of amides is 2. The first-order valence-corrected chi connectivity index (χ1v) is 16.0. The number of carbonyl (C=O) groups is 2. The summed E-state index contributed by atoms with van der Waals surface area (Å²) in [4.78, 5) is 29.6. The Morgan fingerprint density at radius 2 is 1.49 bits per heavy atom. The molecule has 4 aromatic rings. The minimum Gasteiger partial charge on any atom is -0.354 e. The lowest BCUT2D eigenvalue weighted by molar-refractivity contribution is -0.140. The van der Waals surface area contributed by atoms with E-state index >= 15 is 0 Å². The minimum absolute atomic E-state index is 0.0366. The van der Waals surface area contributed by atoms with E-state index in [0.29, 0.717) is 11.6 Å². The van der Waals surface area contributed by atoms with Crippen molar-refractivity contribution in [1.29, 1.82) is 0 Å². The summed E-state index contributed by atoms with van der Waals surface area (Å²) in [6.07, 6.45) is 0.990. The van der Waals surface area contributed by atoms with E-state index < -0.39 is 28.5 Å². The van der Waals surface area contributed by atoms with Crippen molar-refractivity contribution in [3.05, 3.63) is 131 Å². The summed E-state index contributed by atoms with van der Waals surface area (Å²) in [5, 5.41) is 3.28. The van der Waals surface area contributed by atoms with Crippen LogP contribution in [0.2, 0.25) is 5.02 Å². The van der Waals surface area contributed by atoms with E-state index in [1.165, 1.54) is 23.1 Å². The van der Waals surface area contributed by atoms with Crippen LogP contribution in [0.5, 0.6) is 0 Å². The summed E-state index contributed by atoms with van der Waals surface area (Å²) < 4.78 is 29.0. The first kappa shape index (κ1) is 31.8. The highest BCUT2D eigenvalue weighted by molar-refractivity contribution is 7.92. The Morgan fingerprint density at radius 1 is 0.837 bits per heavy atom. The maximum atomic E-state index is 14.4. The summed E-state index contributed by atoms with van der Waals surface area (Å²) >= 11 is 6.27. The smallest absolute Gasteiger partial charge is 0.264 e. The highest BCUT2D eigenvalue weighted by Crippen LogP contribution is 2.27. The lowest BCUT2D eigenvalue weighted by Crippen LogP contribution is -2.53. The van der Waals surface area contributed by atoms with Crippen LogP contribution in [0.3, 0.4) is 0 Å². The number of nitrogens with zero attached hydrogens (tertiary/aromatic N) is 2. The number of sulfonamides is 1. The molecule has 0 bridgehead atoms. The summed E-state index contributed by atoms with van der Waals surface area (Å²) in [5.41, 5.74) is 2.96. The van der Waals surface area contributed by atoms with Gasteiger partial charge in [-0.05, 0) is 54.8 Å². The van der Waals surface area contributed by atoms with Crippen LogP contribution in [-0.4, -0.2) is 44.3 Å². The van der Waals surface area contributed by atoms with Gasteiger partial charge >= 0.3 is 0 Å². The van der Waals surface area contributed by atoms with Crippen molar-refractivity contribution in [1.82, 2.24) is 10.2 Å². The van der Waals surface area contributed by atoms with Crippen LogP contribution in [0, 0.1) is 6.92 Å². The Bertz CT molecular complexity index is 1630. The Kier molecular flexibility index (Phi) is 11.0. The van der Waals surface area contributed by atoms with Crippen LogP contribution in [0.25, 0.3) is 0 Å². The van der Waals surface area contributed by atoms with Crippen molar-refractivity contribution in [2.75, 3.05) is 17.4 Å². The SMILES string of the molecule is CCCNC(=O)C(Cc1ccccc1)N(Cc1cccc(C)c1)C(=O)CN(c1cccc(Cl)c1)S(=O)(=O)c1ccccc1. The van der Waals surface area contributed by atoms with Gasteiger partial charge in [0.25, 0.3) is 10.0 Å². The van der Waals surface area contributed by atoms with E-state index in [1.54, 1.807) is 36.4 Å². The van der Waals surface area contributed by atoms with E-state index in [2.05, 4.69) is 5.32 Å². The maximum Gasteiger partial charge on any atom is 0.264 e. The normalized spacial score (nSPS) is 11.9. The second-order valence-electron chi connectivity index (χ2n) is 10.3. The van der Waals surface area contributed by atoms with E-state index in [-0.39, 0.29) is 29.5 Å². The molecular weight excluding hydrogens is 582 g/mol. The van der Waals surface area contributed by atoms with Crippen molar-refractivity contribution in [2.45, 2.75) is 44.2 Å². The van der Waals surface area contributed by atoms with Crippen molar-refractivity contribution in [3.8, 4) is 0 Å². The number of halogens is 1. The molecule has 4 aromatic carbocycles. The monoisotopic (exact) mass is 617 g/mol. The molecule has 0 aliphatic carbocycles. The van der Waals surface area contributed by atoms with Gasteiger partial charge in [0, 0.05) is 24.5 Å². The first-order valence-electron chi connectivity index (χ1n) is 14.2. The predicted molar refractivity (Wildman–Crippen MR) is 171 cm³/mol. The molecule has 4 rings (SSSR count). The van der Waals surface area contributed by atoms with Crippen LogP contribution in [0.4, 0.5) is 5.69 Å². The van der Waals surface area contributed by atoms with E-state index in [0.717, 1.165) is 27.4 Å². The zero-order valence-corrected chi connectivity index (χ0v) is 25.9. The Labute approximate surface area is 259 Å². The molecule has 0 spiro atoms. The van der Waals surface area contributed by atoms with Crippen molar-refractivity contribution < 1.29 is 18.0 Å². The standard InChI is InChI=1S/C34H36ClN3O4S/c1-3-20-36-34(40)32(22-27-13-6-4-7-14-27)37(24-28-15-10-12-26(2)21-28)33(39)25-38(30-17-11-16-29(35)23-30)43(41,42)31-18-8-5-9-19-31/h4-19,21,23,32H,3,20,22,24-25H2,1-2H3,(H,36,40). The van der Waals surface area contributed by atoms with Crippen molar-refractivity contribution in [2.24, 2.45) is 0 Å². The minimum atomic E-state index is -4.17. The van der Waals surface area contributed by atoms with Crippen LogP contribution in [-0.2, 0) is 32.6 Å². The summed E-state index contributed by atoms with van der Waals surface area (Å²) in [6.45, 7) is 3.95. The van der Waals surface area contributed by atoms with Gasteiger partial charge in [0.2, 0.25) is 11.8 Å². The Balaban J connectivity index is 1.79. The number of hydrogen-bond acceptors (Lipinski definition) is 4. The van der Waals surface area contributed by atoms with Crippen molar-refractivity contribution >= 4 is 39.1 Å². The average Bonchev–Trinajstić information content (AvgIpc) is 3.01. The molecule has 0 saturated heterocycles. The summed E-state index contributed by atoms with van der Waals surface area (Å²) in [5.74, 6) is -0.819. The fourth-order valence-electron chi connectivity index (χ4n) is 4.81. The van der Waals surface area contributed by atoms with Gasteiger partial charge in [-0.1, -0.05) is 103 Å². The number of nitrogens with one attached hydrogen (secondary N) is 1. The lowest BCUT2D eigenvalue weighted by Gasteiger charge is -2.34. The summed E-state index contributed by atoms with van der Waals surface area (Å²) in [7, 11) is -4.17. The van der Waals surface area contributed by atoms with Gasteiger partial charge in [0.05, 0.1) is 10.6 Å². The quantitative estimate of drug-likeness (QED) is 0.199. The van der Waals surface area contributed by atoms with Gasteiger partial charge in [0.15, 0.2) is 0 Å². The summed E-state index contributed by atoms with van der Waals surface area (Å²) in [6, 6.07) is 30.6. The molecule has 7 nitrogen and oxygen atoms in total. The molecule has 1 N–H and O–H groups in total. The molecule has 43 heavy (non-hydrogen) atoms. The molecular formula is C34H36ClN3O4S. The number of anilines is 1. The highest BCUT2D eigenvalue weighted by atomic mass is 35.5. The van der Waals surface area contributed by atoms with Crippen LogP contribution < -0.4 is 9.62 Å². The second-order valence-corrected chi connectivity index (χ2v) is 12.6. The van der Waals surface area contributed by atoms with Crippen molar-refractivity contribution in [3.63, 3.8) is 0 Å². The van der Waals surface area contributed by atoms with Gasteiger partial charge < -0.3 is 10.2 Å². The molecule has 1 atom stereocenters. The number of hydrogen-bond donors (Lipinski definition) is 1. The zero-order valence-electron chi connectivity index (χ0n) is 24.3. The molecule has 0 saturated carbocycles. The first-order chi connectivity index (χ1) is 20.7. The largest absolute Gasteiger partial charge is 0.354 e. The molecule has 9 heteroatoms. The van der Waals surface area contributed by atoms with E-state index in [4.69, 9.17) is 11.6 Å². The zero-order chi connectivity index (χ0) is 30.8. The molecule has 1 unspecified atom stereocenters. The fraction of sp³-hybridized carbons (Fsp3) is 0.235. The van der Waals surface area contributed by atoms with Gasteiger partial charge in [-0.25, -0.2) is 8.42 Å². The van der Waals surface area contributed by atoms with Gasteiger partial charge in [-0.15, -0.1) is 0 Å². The van der Waals surface area contributed by atoms with Crippen LogP contribution in [0.1, 0.15) is 30.0 Å². The molecule has 0 radical (unpaired) electrons.